The average molecular weight is 508 g/mol. The summed E-state index contributed by atoms with van der Waals surface area (Å²) in [7, 11) is 0. The molecule has 2 aliphatic rings. The maximum Gasteiger partial charge on any atom is 0.334 e. The number of carbonyl (C=O) groups excluding carboxylic acids is 3. The van der Waals surface area contributed by atoms with Crippen LogP contribution in [0.15, 0.2) is 54.6 Å². The Morgan fingerprint density at radius 3 is 2.53 bits per heavy atom. The molecule has 0 unspecified atom stereocenters. The van der Waals surface area contributed by atoms with Crippen molar-refractivity contribution in [2.24, 2.45) is 5.92 Å². The van der Waals surface area contributed by atoms with Gasteiger partial charge in [-0.3, -0.25) is 9.59 Å². The number of hydrazine groups is 1. The van der Waals surface area contributed by atoms with Gasteiger partial charge in [0.2, 0.25) is 11.8 Å². The van der Waals surface area contributed by atoms with Gasteiger partial charge >= 0.3 is 6.03 Å². The fourth-order valence-electron chi connectivity index (χ4n) is 4.85. The molecule has 0 saturated carbocycles. The van der Waals surface area contributed by atoms with Crippen LogP contribution in [0.2, 0.25) is 5.02 Å². The lowest BCUT2D eigenvalue weighted by molar-refractivity contribution is -0.192. The molecule has 2 aromatic carbocycles. The van der Waals surface area contributed by atoms with Gasteiger partial charge in [0, 0.05) is 18.1 Å². The topological polar surface area (TPSA) is 76.2 Å². The number of amides is 4. The third-order valence-electron chi connectivity index (χ3n) is 6.42. The van der Waals surface area contributed by atoms with Gasteiger partial charge in [0.25, 0.3) is 0 Å². The van der Waals surface area contributed by atoms with Gasteiger partial charge in [-0.2, -0.15) is 5.01 Å². The van der Waals surface area contributed by atoms with Crippen LogP contribution < -0.4 is 5.32 Å². The van der Waals surface area contributed by atoms with Crippen molar-refractivity contribution >= 4 is 29.4 Å². The second-order valence-corrected chi connectivity index (χ2v) is 9.77. The van der Waals surface area contributed by atoms with Crippen molar-refractivity contribution < 1.29 is 14.4 Å². The molecule has 0 radical (unpaired) electrons. The number of halogens is 1. The van der Waals surface area contributed by atoms with Crippen LogP contribution in [0.3, 0.4) is 0 Å². The molecule has 36 heavy (non-hydrogen) atoms. The largest absolute Gasteiger partial charge is 0.334 e. The van der Waals surface area contributed by atoms with Crippen LogP contribution in [0.1, 0.15) is 25.0 Å². The highest BCUT2D eigenvalue weighted by atomic mass is 35.5. The first kappa shape index (κ1) is 25.5. The van der Waals surface area contributed by atoms with Crippen LogP contribution in [-0.4, -0.2) is 69.5 Å². The Balaban J connectivity index is 1.66. The van der Waals surface area contributed by atoms with E-state index >= 15 is 0 Å². The summed E-state index contributed by atoms with van der Waals surface area (Å²) in [5.74, 6) is 2.02. The molecule has 2 saturated heterocycles. The van der Waals surface area contributed by atoms with E-state index in [-0.39, 0.29) is 43.4 Å². The van der Waals surface area contributed by atoms with E-state index in [1.807, 2.05) is 62.4 Å². The molecule has 4 amide bonds. The summed E-state index contributed by atoms with van der Waals surface area (Å²) in [5, 5.41) is 6.62. The number of carbonyl (C=O) groups is 3. The first-order valence-corrected chi connectivity index (χ1v) is 12.3. The molecule has 1 N–H and O–H groups in total. The highest BCUT2D eigenvalue weighted by Gasteiger charge is 2.52. The summed E-state index contributed by atoms with van der Waals surface area (Å²) in [6.07, 6.45) is 4.89. The fraction of sp³-hybridized carbons (Fsp3) is 0.370. The zero-order chi connectivity index (χ0) is 25.8. The molecule has 2 fully saturated rings. The van der Waals surface area contributed by atoms with E-state index in [0.29, 0.717) is 18.1 Å². The van der Waals surface area contributed by atoms with Gasteiger partial charge in [-0.05, 0) is 29.2 Å². The summed E-state index contributed by atoms with van der Waals surface area (Å²) in [6.45, 7) is 4.61. The number of piperazine rings is 1. The summed E-state index contributed by atoms with van der Waals surface area (Å²) >= 11 is 6.17. The summed E-state index contributed by atoms with van der Waals surface area (Å²) in [5.41, 5.74) is 1.82. The molecular weight excluding hydrogens is 478 g/mol. The molecule has 8 nitrogen and oxygen atoms in total. The lowest BCUT2D eigenvalue weighted by atomic mass is 9.95. The van der Waals surface area contributed by atoms with Gasteiger partial charge in [-0.15, -0.1) is 6.42 Å². The predicted molar refractivity (Wildman–Crippen MR) is 137 cm³/mol. The molecule has 9 heteroatoms. The SMILES string of the molecule is C#CCN1CC(=O)N2[C@@H](C(C)C)C(=O)N(Cc3cccc(Cl)c3)C[C@@H]2N1C(=O)NCc1ccccc1. The van der Waals surface area contributed by atoms with E-state index in [1.165, 1.54) is 5.01 Å². The molecule has 0 aromatic heterocycles. The molecule has 0 aliphatic carbocycles. The number of urea groups is 1. The molecule has 0 spiro atoms. The number of nitrogens with zero attached hydrogens (tertiary/aromatic N) is 4. The van der Waals surface area contributed by atoms with E-state index in [4.69, 9.17) is 18.0 Å². The predicted octanol–water partition coefficient (Wildman–Crippen LogP) is 2.94. The number of nitrogens with one attached hydrogen (secondary N) is 1. The molecular formula is C27H30ClN5O3. The zero-order valence-electron chi connectivity index (χ0n) is 20.4. The van der Waals surface area contributed by atoms with Crippen molar-refractivity contribution in [3.63, 3.8) is 0 Å². The summed E-state index contributed by atoms with van der Waals surface area (Å²) in [6, 6.07) is 15.8. The Labute approximate surface area is 216 Å². The van der Waals surface area contributed by atoms with Gasteiger partial charge < -0.3 is 15.1 Å². The van der Waals surface area contributed by atoms with Gasteiger partial charge in [0.15, 0.2) is 0 Å². The summed E-state index contributed by atoms with van der Waals surface area (Å²) < 4.78 is 0. The Kier molecular flexibility index (Phi) is 7.82. The molecule has 188 valence electrons. The standard InChI is InChI=1S/C27H30ClN5O3/c1-4-13-31-18-24(34)32-23(33(31)27(36)29-15-20-9-6-5-7-10-20)17-30(26(35)25(32)19(2)3)16-21-11-8-12-22(28)14-21/h1,5-12,14,19,23,25H,13,15-18H2,2-3H3,(H,29,36)/t23-,25-/m0/s1. The van der Waals surface area contributed by atoms with E-state index in [9.17, 15) is 14.4 Å². The van der Waals surface area contributed by atoms with E-state index in [2.05, 4.69) is 11.2 Å². The minimum absolute atomic E-state index is 0.0791. The van der Waals surface area contributed by atoms with Gasteiger partial charge in [0.1, 0.15) is 12.2 Å². The quantitative estimate of drug-likeness (QED) is 0.610. The highest BCUT2D eigenvalue weighted by Crippen LogP contribution is 2.30. The molecule has 0 bridgehead atoms. The fourth-order valence-corrected chi connectivity index (χ4v) is 5.06. The van der Waals surface area contributed by atoms with Crippen molar-refractivity contribution in [2.45, 2.75) is 39.1 Å². The second kappa shape index (κ2) is 11.0. The van der Waals surface area contributed by atoms with E-state index < -0.39 is 12.2 Å². The Morgan fingerprint density at radius 2 is 1.86 bits per heavy atom. The van der Waals surface area contributed by atoms with Crippen molar-refractivity contribution in [1.82, 2.24) is 25.1 Å². The lowest BCUT2D eigenvalue weighted by Gasteiger charge is -2.55. The third kappa shape index (κ3) is 5.32. The smallest absolute Gasteiger partial charge is 0.333 e. The number of benzene rings is 2. The molecule has 4 rings (SSSR count). The van der Waals surface area contributed by atoms with Crippen LogP contribution in [-0.2, 0) is 22.7 Å². The van der Waals surface area contributed by atoms with Crippen LogP contribution >= 0.6 is 11.6 Å². The van der Waals surface area contributed by atoms with Crippen molar-refractivity contribution in [3.05, 3.63) is 70.7 Å². The minimum Gasteiger partial charge on any atom is -0.333 e. The summed E-state index contributed by atoms with van der Waals surface area (Å²) in [4.78, 5) is 43.7. The third-order valence-corrected chi connectivity index (χ3v) is 6.66. The van der Waals surface area contributed by atoms with Gasteiger partial charge in [-0.25, -0.2) is 9.80 Å². The highest BCUT2D eigenvalue weighted by molar-refractivity contribution is 6.30. The van der Waals surface area contributed by atoms with Crippen LogP contribution in [0.25, 0.3) is 0 Å². The zero-order valence-corrected chi connectivity index (χ0v) is 21.2. The van der Waals surface area contributed by atoms with Crippen molar-refractivity contribution in [3.8, 4) is 12.3 Å². The van der Waals surface area contributed by atoms with E-state index in [1.54, 1.807) is 20.9 Å². The minimum atomic E-state index is -0.701. The molecule has 2 aliphatic heterocycles. The Hall–Kier alpha value is -3.54. The van der Waals surface area contributed by atoms with Crippen LogP contribution in [0, 0.1) is 18.3 Å². The molecule has 2 heterocycles. The second-order valence-electron chi connectivity index (χ2n) is 9.33. The van der Waals surface area contributed by atoms with Gasteiger partial charge in [0.05, 0.1) is 19.6 Å². The Morgan fingerprint density at radius 1 is 1.14 bits per heavy atom. The van der Waals surface area contributed by atoms with Crippen LogP contribution in [0.5, 0.6) is 0 Å². The number of terminal acetylenes is 1. The number of rotatable bonds is 6. The first-order valence-electron chi connectivity index (χ1n) is 11.9. The van der Waals surface area contributed by atoms with E-state index in [0.717, 1.165) is 11.1 Å². The van der Waals surface area contributed by atoms with Crippen molar-refractivity contribution in [1.29, 1.82) is 0 Å². The van der Waals surface area contributed by atoms with Gasteiger partial charge in [-0.1, -0.05) is 73.8 Å². The maximum absolute atomic E-state index is 13.6. The Bertz CT molecular complexity index is 1170. The maximum atomic E-state index is 13.6. The van der Waals surface area contributed by atoms with Crippen LogP contribution in [0.4, 0.5) is 4.79 Å². The number of fused-ring (bicyclic) bond motifs is 1. The molecule has 2 aromatic rings. The first-order chi connectivity index (χ1) is 17.3. The van der Waals surface area contributed by atoms with Crippen molar-refractivity contribution in [2.75, 3.05) is 19.6 Å². The normalized spacial score (nSPS) is 20.4. The lowest BCUT2D eigenvalue weighted by Crippen LogP contribution is -2.77. The molecule has 2 atom stereocenters. The monoisotopic (exact) mass is 507 g/mol. The average Bonchev–Trinajstić information content (AvgIpc) is 2.84. The number of hydrogen-bond acceptors (Lipinski definition) is 4. The number of hydrogen-bond donors (Lipinski definition) is 1.